The van der Waals surface area contributed by atoms with Crippen LogP contribution in [0.1, 0.15) is 12.8 Å². The number of morpholine rings is 1. The van der Waals surface area contributed by atoms with E-state index in [4.69, 9.17) is 4.74 Å². The normalized spacial score (nSPS) is 21.5. The monoisotopic (exact) mass is 358 g/mol. The molecule has 10 nitrogen and oxygen atoms in total. The van der Waals surface area contributed by atoms with Gasteiger partial charge in [0.2, 0.25) is 5.91 Å². The average molecular weight is 358 g/mol. The molecule has 2 aromatic heterocycles. The largest absolute Gasteiger partial charge is 0.379 e. The summed E-state index contributed by atoms with van der Waals surface area (Å²) in [5.41, 5.74) is 3.02. The summed E-state index contributed by atoms with van der Waals surface area (Å²) in [5.74, 6) is 1.41. The van der Waals surface area contributed by atoms with Gasteiger partial charge in [-0.1, -0.05) is 0 Å². The predicted molar refractivity (Wildman–Crippen MR) is 92.4 cm³/mol. The Morgan fingerprint density at radius 2 is 1.96 bits per heavy atom. The zero-order valence-electron chi connectivity index (χ0n) is 14.5. The molecule has 1 amide bonds. The molecule has 0 aliphatic carbocycles. The number of hydrazine groups is 1. The standard InChI is InChI=1S/C16H22N8O2/c25-16(21-23-6-8-26-9-7-23)13-2-1-5-22(10-13)14-3-4-15(20-19-14)24-12-17-11-18-24/h3-4,11-13H,1-2,5-10H2,(H,21,25)/t13-/m1/s1. The van der Waals surface area contributed by atoms with E-state index in [0.717, 1.165) is 38.3 Å². The van der Waals surface area contributed by atoms with Crippen molar-refractivity contribution in [3.8, 4) is 5.82 Å². The number of ether oxygens (including phenoxy) is 1. The first-order chi connectivity index (χ1) is 12.8. The molecule has 2 aromatic rings. The molecule has 2 aliphatic heterocycles. The smallest absolute Gasteiger partial charge is 0.239 e. The summed E-state index contributed by atoms with van der Waals surface area (Å²) in [6, 6.07) is 3.76. The summed E-state index contributed by atoms with van der Waals surface area (Å²) < 4.78 is 6.87. The van der Waals surface area contributed by atoms with Gasteiger partial charge in [0, 0.05) is 26.2 Å². The molecule has 0 saturated carbocycles. The first kappa shape index (κ1) is 16.9. The van der Waals surface area contributed by atoms with Crippen LogP contribution in [0.15, 0.2) is 24.8 Å². The molecule has 10 heteroatoms. The molecule has 0 unspecified atom stereocenters. The average Bonchev–Trinajstić information content (AvgIpc) is 3.24. The van der Waals surface area contributed by atoms with E-state index < -0.39 is 0 Å². The van der Waals surface area contributed by atoms with Gasteiger partial charge in [0.1, 0.15) is 12.7 Å². The van der Waals surface area contributed by atoms with E-state index in [1.165, 1.54) is 6.33 Å². The molecule has 4 rings (SSSR count). The van der Waals surface area contributed by atoms with E-state index in [2.05, 4.69) is 30.6 Å². The number of carbonyl (C=O) groups excluding carboxylic acids is 1. The number of hydrogen-bond acceptors (Lipinski definition) is 8. The molecule has 0 spiro atoms. The van der Waals surface area contributed by atoms with E-state index in [-0.39, 0.29) is 11.8 Å². The van der Waals surface area contributed by atoms with E-state index in [1.807, 2.05) is 17.1 Å². The molecule has 0 bridgehead atoms. The van der Waals surface area contributed by atoms with Gasteiger partial charge in [0.25, 0.3) is 0 Å². The van der Waals surface area contributed by atoms with E-state index in [1.54, 1.807) is 11.0 Å². The van der Waals surface area contributed by atoms with Gasteiger partial charge in [-0.25, -0.2) is 14.7 Å². The number of anilines is 1. The van der Waals surface area contributed by atoms with Crippen molar-refractivity contribution in [2.45, 2.75) is 12.8 Å². The molecular weight excluding hydrogens is 336 g/mol. The van der Waals surface area contributed by atoms with Gasteiger partial charge in [0.05, 0.1) is 19.1 Å². The van der Waals surface area contributed by atoms with Crippen LogP contribution in [0.5, 0.6) is 0 Å². The van der Waals surface area contributed by atoms with E-state index >= 15 is 0 Å². The van der Waals surface area contributed by atoms with Crippen molar-refractivity contribution in [2.75, 3.05) is 44.3 Å². The Morgan fingerprint density at radius 3 is 2.69 bits per heavy atom. The van der Waals surface area contributed by atoms with Crippen molar-refractivity contribution in [1.82, 2.24) is 35.4 Å². The lowest BCUT2D eigenvalue weighted by molar-refractivity contribution is -0.132. The van der Waals surface area contributed by atoms with Crippen molar-refractivity contribution in [2.24, 2.45) is 5.92 Å². The first-order valence-corrected chi connectivity index (χ1v) is 8.86. The third-order valence-electron chi connectivity index (χ3n) is 4.69. The van der Waals surface area contributed by atoms with Crippen LogP contribution >= 0.6 is 0 Å². The van der Waals surface area contributed by atoms with Crippen LogP contribution in [0.2, 0.25) is 0 Å². The maximum atomic E-state index is 12.6. The third-order valence-corrected chi connectivity index (χ3v) is 4.69. The number of rotatable bonds is 4. The van der Waals surface area contributed by atoms with Gasteiger partial charge in [0.15, 0.2) is 11.6 Å². The van der Waals surface area contributed by atoms with Crippen molar-refractivity contribution >= 4 is 11.7 Å². The first-order valence-electron chi connectivity index (χ1n) is 8.86. The number of hydrogen-bond donors (Lipinski definition) is 1. The minimum atomic E-state index is -0.0524. The Morgan fingerprint density at radius 1 is 1.15 bits per heavy atom. The number of piperidine rings is 1. The lowest BCUT2D eigenvalue weighted by Gasteiger charge is -2.34. The van der Waals surface area contributed by atoms with Crippen molar-refractivity contribution < 1.29 is 9.53 Å². The third kappa shape index (κ3) is 3.81. The van der Waals surface area contributed by atoms with Gasteiger partial charge in [-0.05, 0) is 25.0 Å². The fourth-order valence-corrected chi connectivity index (χ4v) is 3.26. The zero-order chi connectivity index (χ0) is 17.8. The SMILES string of the molecule is O=C(NN1CCOCC1)[C@@H]1CCCN(c2ccc(-n3cncn3)nn2)C1. The maximum absolute atomic E-state index is 12.6. The molecule has 1 atom stereocenters. The van der Waals surface area contributed by atoms with Crippen LogP contribution in [-0.2, 0) is 9.53 Å². The summed E-state index contributed by atoms with van der Waals surface area (Å²) in [6.07, 6.45) is 4.87. The predicted octanol–water partition coefficient (Wildman–Crippen LogP) is -0.363. The summed E-state index contributed by atoms with van der Waals surface area (Å²) >= 11 is 0. The highest BCUT2D eigenvalue weighted by molar-refractivity contribution is 5.79. The topological polar surface area (TPSA) is 101 Å². The highest BCUT2D eigenvalue weighted by Gasteiger charge is 2.28. The fraction of sp³-hybridized carbons (Fsp3) is 0.562. The lowest BCUT2D eigenvalue weighted by Crippen LogP contribution is -2.52. The molecule has 2 saturated heterocycles. The van der Waals surface area contributed by atoms with Crippen LogP contribution in [0.4, 0.5) is 5.82 Å². The van der Waals surface area contributed by atoms with E-state index in [9.17, 15) is 4.79 Å². The molecule has 2 aliphatic rings. The molecule has 0 radical (unpaired) electrons. The van der Waals surface area contributed by atoms with Gasteiger partial charge >= 0.3 is 0 Å². The highest BCUT2D eigenvalue weighted by atomic mass is 16.5. The van der Waals surface area contributed by atoms with Crippen LogP contribution in [0.25, 0.3) is 5.82 Å². The molecule has 2 fully saturated rings. The summed E-state index contributed by atoms with van der Waals surface area (Å²) in [5, 5.41) is 14.5. The molecule has 1 N–H and O–H groups in total. The summed E-state index contributed by atoms with van der Waals surface area (Å²) in [7, 11) is 0. The second-order valence-electron chi connectivity index (χ2n) is 6.45. The van der Waals surface area contributed by atoms with Crippen LogP contribution in [-0.4, -0.2) is 75.3 Å². The number of aromatic nitrogens is 5. The van der Waals surface area contributed by atoms with E-state index in [0.29, 0.717) is 25.6 Å². The van der Waals surface area contributed by atoms with Crippen LogP contribution in [0, 0.1) is 5.92 Å². The minimum absolute atomic E-state index is 0.0524. The van der Waals surface area contributed by atoms with Gasteiger partial charge in [-0.15, -0.1) is 10.2 Å². The Bertz CT molecular complexity index is 714. The fourth-order valence-electron chi connectivity index (χ4n) is 3.26. The van der Waals surface area contributed by atoms with Gasteiger partial charge in [-0.2, -0.15) is 5.10 Å². The molecule has 4 heterocycles. The highest BCUT2D eigenvalue weighted by Crippen LogP contribution is 2.22. The maximum Gasteiger partial charge on any atom is 0.239 e. The minimum Gasteiger partial charge on any atom is -0.379 e. The number of nitrogens with one attached hydrogen (secondary N) is 1. The Balaban J connectivity index is 1.37. The molecule has 138 valence electrons. The van der Waals surface area contributed by atoms with Crippen molar-refractivity contribution in [3.05, 3.63) is 24.8 Å². The summed E-state index contributed by atoms with van der Waals surface area (Å²) in [6.45, 7) is 4.30. The van der Waals surface area contributed by atoms with Crippen LogP contribution < -0.4 is 10.3 Å². The van der Waals surface area contributed by atoms with Crippen molar-refractivity contribution in [3.63, 3.8) is 0 Å². The molecule has 0 aromatic carbocycles. The van der Waals surface area contributed by atoms with Gasteiger partial charge in [-0.3, -0.25) is 10.2 Å². The molecule has 26 heavy (non-hydrogen) atoms. The second-order valence-corrected chi connectivity index (χ2v) is 6.45. The Hall–Kier alpha value is -2.59. The van der Waals surface area contributed by atoms with Gasteiger partial charge < -0.3 is 9.64 Å². The number of amides is 1. The molecular formula is C16H22N8O2. The zero-order valence-corrected chi connectivity index (χ0v) is 14.5. The number of carbonyl (C=O) groups is 1. The second kappa shape index (κ2) is 7.75. The Kier molecular flexibility index (Phi) is 5.02. The quantitative estimate of drug-likeness (QED) is 0.791. The summed E-state index contributed by atoms with van der Waals surface area (Å²) in [4.78, 5) is 18.6. The van der Waals surface area contributed by atoms with Crippen LogP contribution in [0.3, 0.4) is 0 Å². The van der Waals surface area contributed by atoms with Crippen molar-refractivity contribution in [1.29, 1.82) is 0 Å². The number of nitrogens with zero attached hydrogens (tertiary/aromatic N) is 7. The Labute approximate surface area is 151 Å². The lowest BCUT2D eigenvalue weighted by atomic mass is 9.97.